The molecule has 0 unspecified atom stereocenters. The van der Waals surface area contributed by atoms with Crippen molar-refractivity contribution >= 4 is 0 Å². The van der Waals surface area contributed by atoms with E-state index < -0.39 is 6.17 Å². The Hall–Kier alpha value is -1.13. The second-order valence-corrected chi connectivity index (χ2v) is 4.20. The number of methoxy groups -OCH3 is 1. The van der Waals surface area contributed by atoms with Crippen molar-refractivity contribution in [2.75, 3.05) is 13.7 Å². The highest BCUT2D eigenvalue weighted by Gasteiger charge is 2.32. The summed E-state index contributed by atoms with van der Waals surface area (Å²) >= 11 is 0. The first-order valence-corrected chi connectivity index (χ1v) is 5.36. The van der Waals surface area contributed by atoms with Crippen molar-refractivity contribution in [3.63, 3.8) is 0 Å². The van der Waals surface area contributed by atoms with Gasteiger partial charge in [0.15, 0.2) is 0 Å². The summed E-state index contributed by atoms with van der Waals surface area (Å²) in [5, 5.41) is 10.7. The number of hydroxylamine groups is 2. The summed E-state index contributed by atoms with van der Waals surface area (Å²) in [6.45, 7) is 2.03. The molecule has 16 heavy (non-hydrogen) atoms. The predicted molar refractivity (Wildman–Crippen MR) is 58.5 cm³/mol. The Morgan fingerprint density at radius 1 is 1.50 bits per heavy atom. The maximum atomic E-state index is 13.1. The number of ether oxygens (including phenoxy) is 1. The molecule has 1 aromatic rings. The van der Waals surface area contributed by atoms with E-state index in [1.807, 2.05) is 25.1 Å². The maximum absolute atomic E-state index is 13.1. The van der Waals surface area contributed by atoms with Gasteiger partial charge in [0.05, 0.1) is 19.7 Å². The van der Waals surface area contributed by atoms with Crippen molar-refractivity contribution in [1.82, 2.24) is 5.06 Å². The third-order valence-corrected chi connectivity index (χ3v) is 3.03. The lowest BCUT2D eigenvalue weighted by Gasteiger charge is -2.18. The molecule has 0 aromatic heterocycles. The van der Waals surface area contributed by atoms with E-state index in [-0.39, 0.29) is 12.6 Å². The molecule has 3 nitrogen and oxygen atoms in total. The van der Waals surface area contributed by atoms with Crippen molar-refractivity contribution in [2.45, 2.75) is 25.6 Å². The fourth-order valence-electron chi connectivity index (χ4n) is 2.19. The van der Waals surface area contributed by atoms with E-state index >= 15 is 0 Å². The molecule has 1 saturated heterocycles. The van der Waals surface area contributed by atoms with E-state index in [1.54, 1.807) is 7.11 Å². The topological polar surface area (TPSA) is 32.7 Å². The molecule has 0 saturated carbocycles. The van der Waals surface area contributed by atoms with Gasteiger partial charge in [-0.25, -0.2) is 4.39 Å². The summed E-state index contributed by atoms with van der Waals surface area (Å²) in [7, 11) is 1.62. The minimum absolute atomic E-state index is 0.0930. The lowest BCUT2D eigenvalue weighted by molar-refractivity contribution is -0.106. The zero-order valence-electron chi connectivity index (χ0n) is 9.48. The van der Waals surface area contributed by atoms with Gasteiger partial charge in [-0.1, -0.05) is 12.1 Å². The first kappa shape index (κ1) is 11.4. The lowest BCUT2D eigenvalue weighted by atomic mass is 10.0. The van der Waals surface area contributed by atoms with Gasteiger partial charge in [-0.2, -0.15) is 5.06 Å². The summed E-state index contributed by atoms with van der Waals surface area (Å²) in [6, 6.07) is 5.42. The average Bonchev–Trinajstić information content (AvgIpc) is 2.58. The highest BCUT2D eigenvalue weighted by molar-refractivity contribution is 5.37. The second-order valence-electron chi connectivity index (χ2n) is 4.20. The number of aryl methyl sites for hydroxylation is 1. The quantitative estimate of drug-likeness (QED) is 0.839. The number of hydrogen-bond donors (Lipinski definition) is 1. The van der Waals surface area contributed by atoms with E-state index in [0.717, 1.165) is 21.9 Å². The van der Waals surface area contributed by atoms with Gasteiger partial charge in [0.1, 0.15) is 11.9 Å². The predicted octanol–water partition coefficient (Wildman–Crippen LogP) is 2.48. The van der Waals surface area contributed by atoms with Gasteiger partial charge in [0, 0.05) is 6.42 Å². The molecule has 88 valence electrons. The molecule has 2 rings (SSSR count). The standard InChI is InChI=1S/C12H16FNO2/c1-8-5-9(3-4-12(8)16-2)11-6-10(13)7-14(11)15/h3-5,10-11,15H,6-7H2,1-2H3/t10-,11-/m1/s1. The Balaban J connectivity index is 2.24. The van der Waals surface area contributed by atoms with E-state index in [1.165, 1.54) is 0 Å². The highest BCUT2D eigenvalue weighted by Crippen LogP contribution is 2.33. The van der Waals surface area contributed by atoms with Crippen LogP contribution in [0.1, 0.15) is 23.6 Å². The lowest BCUT2D eigenvalue weighted by Crippen LogP contribution is -2.19. The van der Waals surface area contributed by atoms with Crippen LogP contribution in [0.5, 0.6) is 5.75 Å². The molecule has 0 aliphatic carbocycles. The molecule has 0 radical (unpaired) electrons. The van der Waals surface area contributed by atoms with Crippen molar-refractivity contribution in [1.29, 1.82) is 0 Å². The third kappa shape index (κ3) is 2.03. The second kappa shape index (κ2) is 4.39. The molecule has 1 aromatic carbocycles. The van der Waals surface area contributed by atoms with Gasteiger partial charge in [-0.15, -0.1) is 0 Å². The van der Waals surface area contributed by atoms with Crippen molar-refractivity contribution in [2.24, 2.45) is 0 Å². The largest absolute Gasteiger partial charge is 0.496 e. The molecule has 4 heteroatoms. The Morgan fingerprint density at radius 2 is 2.25 bits per heavy atom. The van der Waals surface area contributed by atoms with Crippen molar-refractivity contribution < 1.29 is 14.3 Å². The molecule has 2 atom stereocenters. The summed E-state index contributed by atoms with van der Waals surface area (Å²) in [5.74, 6) is 0.808. The van der Waals surface area contributed by atoms with Crippen LogP contribution in [0.15, 0.2) is 18.2 Å². The van der Waals surface area contributed by atoms with Crippen LogP contribution in [0.4, 0.5) is 4.39 Å². The van der Waals surface area contributed by atoms with Crippen LogP contribution in [-0.2, 0) is 0 Å². The summed E-state index contributed by atoms with van der Waals surface area (Å²) in [4.78, 5) is 0. The first-order valence-electron chi connectivity index (χ1n) is 5.36. The van der Waals surface area contributed by atoms with Crippen LogP contribution in [0.25, 0.3) is 0 Å². The Morgan fingerprint density at radius 3 is 2.75 bits per heavy atom. The van der Waals surface area contributed by atoms with Crippen LogP contribution in [0.3, 0.4) is 0 Å². The number of nitrogens with zero attached hydrogens (tertiary/aromatic N) is 1. The maximum Gasteiger partial charge on any atom is 0.121 e. The van der Waals surface area contributed by atoms with Gasteiger partial charge in [0.25, 0.3) is 0 Å². The van der Waals surface area contributed by atoms with Crippen LogP contribution < -0.4 is 4.74 Å². The van der Waals surface area contributed by atoms with Gasteiger partial charge < -0.3 is 9.94 Å². The van der Waals surface area contributed by atoms with Crippen molar-refractivity contribution in [3.8, 4) is 5.75 Å². The summed E-state index contributed by atoms with van der Waals surface area (Å²) in [6.07, 6.45) is -0.597. The van der Waals surface area contributed by atoms with E-state index in [9.17, 15) is 9.60 Å². The fraction of sp³-hybridized carbons (Fsp3) is 0.500. The molecule has 1 heterocycles. The molecule has 0 bridgehead atoms. The Bertz CT molecular complexity index is 383. The molecule has 1 aliphatic rings. The monoisotopic (exact) mass is 225 g/mol. The van der Waals surface area contributed by atoms with Gasteiger partial charge >= 0.3 is 0 Å². The number of halogens is 1. The smallest absolute Gasteiger partial charge is 0.121 e. The first-order chi connectivity index (χ1) is 7.61. The zero-order valence-corrected chi connectivity index (χ0v) is 9.48. The normalized spacial score (nSPS) is 26.0. The molecule has 0 spiro atoms. The Kier molecular flexibility index (Phi) is 3.12. The zero-order chi connectivity index (χ0) is 11.7. The van der Waals surface area contributed by atoms with Gasteiger partial charge in [0.2, 0.25) is 0 Å². The van der Waals surface area contributed by atoms with Crippen LogP contribution in [-0.4, -0.2) is 30.1 Å². The van der Waals surface area contributed by atoms with Crippen LogP contribution in [0.2, 0.25) is 0 Å². The van der Waals surface area contributed by atoms with Crippen LogP contribution >= 0.6 is 0 Å². The molecule has 1 N–H and O–H groups in total. The Labute approximate surface area is 94.4 Å². The van der Waals surface area contributed by atoms with E-state index in [2.05, 4.69) is 0 Å². The average molecular weight is 225 g/mol. The number of rotatable bonds is 2. The highest BCUT2D eigenvalue weighted by atomic mass is 19.1. The van der Waals surface area contributed by atoms with E-state index in [4.69, 9.17) is 4.74 Å². The van der Waals surface area contributed by atoms with Gasteiger partial charge in [-0.05, 0) is 24.1 Å². The fourth-order valence-corrected chi connectivity index (χ4v) is 2.19. The summed E-state index contributed by atoms with van der Waals surface area (Å²) < 4.78 is 18.3. The molecular formula is C12H16FNO2. The summed E-state index contributed by atoms with van der Waals surface area (Å²) in [5.41, 5.74) is 1.93. The van der Waals surface area contributed by atoms with Crippen LogP contribution in [0, 0.1) is 6.92 Å². The minimum atomic E-state index is -0.947. The number of hydrogen-bond acceptors (Lipinski definition) is 3. The SMILES string of the molecule is COc1ccc([C@H]2C[C@@H](F)CN2O)cc1C. The minimum Gasteiger partial charge on any atom is -0.496 e. The van der Waals surface area contributed by atoms with Gasteiger partial charge in [-0.3, -0.25) is 0 Å². The van der Waals surface area contributed by atoms with E-state index in [0.29, 0.717) is 6.42 Å². The molecule has 1 aliphatic heterocycles. The van der Waals surface area contributed by atoms with Crippen molar-refractivity contribution in [3.05, 3.63) is 29.3 Å². The number of alkyl halides is 1. The molecule has 1 fully saturated rings. The third-order valence-electron chi connectivity index (χ3n) is 3.03. The molecule has 0 amide bonds. The number of benzene rings is 1. The molecular weight excluding hydrogens is 209 g/mol.